The summed E-state index contributed by atoms with van der Waals surface area (Å²) in [4.78, 5) is 19.8. The summed E-state index contributed by atoms with van der Waals surface area (Å²) in [6.45, 7) is 6.21. The average molecular weight is 518 g/mol. The quantitative estimate of drug-likeness (QED) is 0.266. The predicted octanol–water partition coefficient (Wildman–Crippen LogP) is 6.41. The molecule has 1 fully saturated rings. The lowest BCUT2D eigenvalue weighted by Gasteiger charge is -2.19. The number of benzene rings is 3. The van der Waals surface area contributed by atoms with Gasteiger partial charge in [0.25, 0.3) is 0 Å². The summed E-state index contributed by atoms with van der Waals surface area (Å²) in [5.74, 6) is 2.14. The van der Waals surface area contributed by atoms with Gasteiger partial charge in [0.1, 0.15) is 11.6 Å². The number of fused-ring (bicyclic) bond motifs is 1. The summed E-state index contributed by atoms with van der Waals surface area (Å²) in [5.41, 5.74) is 5.31. The molecule has 0 bridgehead atoms. The lowest BCUT2D eigenvalue weighted by molar-refractivity contribution is -0.117. The standard InChI is InChI=1S/C28H28BrN3O2/c1-19-9-7-10-20(2)27(19)34-16-8-15-31-25-14-6-4-12-23(25)30-28(31)21-17-26(33)32(18-21)24-13-5-3-11-22(24)29/h3-7,9-14,21H,8,15-18H2,1-2H3. The monoisotopic (exact) mass is 517 g/mol. The van der Waals surface area contributed by atoms with Crippen molar-refractivity contribution in [2.45, 2.75) is 39.2 Å². The number of aryl methyl sites for hydroxylation is 3. The highest BCUT2D eigenvalue weighted by molar-refractivity contribution is 9.10. The molecule has 1 saturated heterocycles. The number of nitrogens with zero attached hydrogens (tertiary/aromatic N) is 3. The first kappa shape index (κ1) is 22.7. The Hall–Kier alpha value is -3.12. The molecule has 4 aromatic rings. The highest BCUT2D eigenvalue weighted by Gasteiger charge is 2.35. The number of aromatic nitrogens is 2. The van der Waals surface area contributed by atoms with E-state index in [-0.39, 0.29) is 11.8 Å². The Bertz CT molecular complexity index is 1330. The van der Waals surface area contributed by atoms with Crippen molar-refractivity contribution in [2.75, 3.05) is 18.1 Å². The van der Waals surface area contributed by atoms with Crippen LogP contribution in [0.4, 0.5) is 5.69 Å². The maximum atomic E-state index is 13.0. The van der Waals surface area contributed by atoms with Crippen molar-refractivity contribution in [3.8, 4) is 5.75 Å². The topological polar surface area (TPSA) is 47.4 Å². The van der Waals surface area contributed by atoms with Crippen molar-refractivity contribution in [2.24, 2.45) is 0 Å². The van der Waals surface area contributed by atoms with Crippen molar-refractivity contribution in [1.82, 2.24) is 9.55 Å². The minimum Gasteiger partial charge on any atom is -0.493 e. The highest BCUT2D eigenvalue weighted by Crippen LogP contribution is 2.36. The molecule has 3 aromatic carbocycles. The molecule has 5 rings (SSSR count). The van der Waals surface area contributed by atoms with E-state index in [1.807, 2.05) is 47.4 Å². The van der Waals surface area contributed by atoms with Gasteiger partial charge in [-0.3, -0.25) is 4.79 Å². The molecular weight excluding hydrogens is 490 g/mol. The summed E-state index contributed by atoms with van der Waals surface area (Å²) >= 11 is 3.60. The molecule has 1 unspecified atom stereocenters. The van der Waals surface area contributed by atoms with Crippen LogP contribution in [0, 0.1) is 13.8 Å². The van der Waals surface area contributed by atoms with Gasteiger partial charge in [0.15, 0.2) is 0 Å². The Morgan fingerprint density at radius 3 is 2.53 bits per heavy atom. The van der Waals surface area contributed by atoms with Gasteiger partial charge in [-0.15, -0.1) is 0 Å². The normalized spacial score (nSPS) is 15.9. The van der Waals surface area contributed by atoms with Gasteiger partial charge in [0.2, 0.25) is 5.91 Å². The van der Waals surface area contributed by atoms with Crippen LogP contribution in [0.2, 0.25) is 0 Å². The number of anilines is 1. The number of hydrogen-bond donors (Lipinski definition) is 0. The molecule has 0 spiro atoms. The van der Waals surface area contributed by atoms with Crippen LogP contribution in [0.25, 0.3) is 11.0 Å². The molecular formula is C28H28BrN3O2. The minimum atomic E-state index is 0.0477. The Labute approximate surface area is 208 Å². The second-order valence-electron chi connectivity index (χ2n) is 8.89. The van der Waals surface area contributed by atoms with Crippen LogP contribution in [0.15, 0.2) is 71.2 Å². The van der Waals surface area contributed by atoms with Gasteiger partial charge in [0, 0.05) is 29.9 Å². The molecule has 174 valence electrons. The van der Waals surface area contributed by atoms with Gasteiger partial charge in [0.05, 0.1) is 23.3 Å². The number of halogens is 1. The van der Waals surface area contributed by atoms with Crippen LogP contribution < -0.4 is 9.64 Å². The summed E-state index contributed by atoms with van der Waals surface area (Å²) in [5, 5.41) is 0. The van der Waals surface area contributed by atoms with Crippen LogP contribution in [-0.2, 0) is 11.3 Å². The summed E-state index contributed by atoms with van der Waals surface area (Å²) in [6.07, 6.45) is 1.32. The second kappa shape index (κ2) is 9.63. The molecule has 1 aliphatic rings. The molecule has 1 amide bonds. The SMILES string of the molecule is Cc1cccc(C)c1OCCCn1c(C2CC(=O)N(c3ccccc3Br)C2)nc2ccccc21. The lowest BCUT2D eigenvalue weighted by atomic mass is 10.1. The Kier molecular flexibility index (Phi) is 6.42. The van der Waals surface area contributed by atoms with E-state index in [4.69, 9.17) is 9.72 Å². The van der Waals surface area contributed by atoms with Crippen LogP contribution >= 0.6 is 15.9 Å². The van der Waals surface area contributed by atoms with E-state index in [9.17, 15) is 4.79 Å². The summed E-state index contributed by atoms with van der Waals surface area (Å²) < 4.78 is 9.36. The van der Waals surface area contributed by atoms with Crippen LogP contribution in [0.3, 0.4) is 0 Å². The molecule has 1 atom stereocenters. The molecule has 2 heterocycles. The number of imidazole rings is 1. The van der Waals surface area contributed by atoms with Gasteiger partial charge in [-0.05, 0) is 71.6 Å². The zero-order valence-electron chi connectivity index (χ0n) is 19.5. The van der Waals surface area contributed by atoms with Gasteiger partial charge in [-0.2, -0.15) is 0 Å². The fourth-order valence-corrected chi connectivity index (χ4v) is 5.35. The third-order valence-electron chi connectivity index (χ3n) is 6.50. The number of amides is 1. The minimum absolute atomic E-state index is 0.0477. The fourth-order valence-electron chi connectivity index (χ4n) is 4.85. The molecule has 6 heteroatoms. The number of ether oxygens (including phenoxy) is 1. The first-order valence-electron chi connectivity index (χ1n) is 11.7. The maximum absolute atomic E-state index is 13.0. The van der Waals surface area contributed by atoms with E-state index in [1.54, 1.807) is 0 Å². The first-order valence-corrected chi connectivity index (χ1v) is 12.5. The molecule has 1 aliphatic heterocycles. The number of hydrogen-bond acceptors (Lipinski definition) is 3. The first-order chi connectivity index (χ1) is 16.5. The zero-order chi connectivity index (χ0) is 23.7. The van der Waals surface area contributed by atoms with E-state index in [0.29, 0.717) is 19.6 Å². The third kappa shape index (κ3) is 4.34. The van der Waals surface area contributed by atoms with Gasteiger partial charge >= 0.3 is 0 Å². The second-order valence-corrected chi connectivity index (χ2v) is 9.74. The molecule has 34 heavy (non-hydrogen) atoms. The van der Waals surface area contributed by atoms with Gasteiger partial charge in [-0.25, -0.2) is 4.98 Å². The molecule has 0 aliphatic carbocycles. The van der Waals surface area contributed by atoms with Crippen molar-refractivity contribution in [3.63, 3.8) is 0 Å². The van der Waals surface area contributed by atoms with Gasteiger partial charge in [-0.1, -0.05) is 42.5 Å². The van der Waals surface area contributed by atoms with E-state index in [2.05, 4.69) is 58.6 Å². The highest BCUT2D eigenvalue weighted by atomic mass is 79.9. The number of carbonyl (C=O) groups excluding carboxylic acids is 1. The van der Waals surface area contributed by atoms with Crippen LogP contribution in [0.5, 0.6) is 5.75 Å². The van der Waals surface area contributed by atoms with E-state index in [0.717, 1.165) is 56.9 Å². The van der Waals surface area contributed by atoms with Crippen molar-refractivity contribution < 1.29 is 9.53 Å². The van der Waals surface area contributed by atoms with Crippen LogP contribution in [0.1, 0.15) is 35.7 Å². The largest absolute Gasteiger partial charge is 0.493 e. The van der Waals surface area contributed by atoms with Crippen LogP contribution in [-0.4, -0.2) is 28.6 Å². The molecule has 0 saturated carbocycles. The van der Waals surface area contributed by atoms with Gasteiger partial charge < -0.3 is 14.2 Å². The lowest BCUT2D eigenvalue weighted by Crippen LogP contribution is -2.25. The van der Waals surface area contributed by atoms with Crippen molar-refractivity contribution in [3.05, 3.63) is 88.2 Å². The maximum Gasteiger partial charge on any atom is 0.227 e. The Balaban J connectivity index is 1.36. The number of rotatable bonds is 7. The number of carbonyl (C=O) groups is 1. The molecule has 0 N–H and O–H groups in total. The molecule has 5 nitrogen and oxygen atoms in total. The summed E-state index contributed by atoms with van der Waals surface area (Å²) in [6, 6.07) is 22.3. The van der Waals surface area contributed by atoms with E-state index in [1.165, 1.54) is 0 Å². The Morgan fingerprint density at radius 1 is 1.00 bits per heavy atom. The predicted molar refractivity (Wildman–Crippen MR) is 140 cm³/mol. The fraction of sp³-hybridized carbons (Fsp3) is 0.286. The zero-order valence-corrected chi connectivity index (χ0v) is 21.1. The molecule has 0 radical (unpaired) electrons. The van der Waals surface area contributed by atoms with Crippen molar-refractivity contribution >= 4 is 38.6 Å². The third-order valence-corrected chi connectivity index (χ3v) is 7.17. The average Bonchev–Trinajstić information content (AvgIpc) is 3.39. The number of para-hydroxylation sites is 4. The van der Waals surface area contributed by atoms with E-state index >= 15 is 0 Å². The smallest absolute Gasteiger partial charge is 0.227 e. The molecule has 1 aromatic heterocycles. The summed E-state index contributed by atoms with van der Waals surface area (Å²) in [7, 11) is 0. The van der Waals surface area contributed by atoms with Crippen molar-refractivity contribution in [1.29, 1.82) is 0 Å². The van der Waals surface area contributed by atoms with E-state index < -0.39 is 0 Å². The Morgan fingerprint density at radius 2 is 1.74 bits per heavy atom.